The second-order valence-electron chi connectivity index (χ2n) is 8.17. The number of aryl methyl sites for hydroxylation is 1. The zero-order valence-electron chi connectivity index (χ0n) is 18.7. The molecule has 0 unspecified atom stereocenters. The summed E-state index contributed by atoms with van der Waals surface area (Å²) < 4.78 is 49.0. The van der Waals surface area contributed by atoms with E-state index in [2.05, 4.69) is 4.98 Å². The highest BCUT2D eigenvalue weighted by atomic mass is 19.4. The van der Waals surface area contributed by atoms with Gasteiger partial charge in [0.05, 0.1) is 12.1 Å². The summed E-state index contributed by atoms with van der Waals surface area (Å²) in [6, 6.07) is 17.8. The molecule has 0 aliphatic heterocycles. The van der Waals surface area contributed by atoms with Crippen LogP contribution in [-0.2, 0) is 26.8 Å². The average molecular weight is 480 g/mol. The lowest BCUT2D eigenvalue weighted by atomic mass is 10.1. The zero-order chi connectivity index (χ0) is 24.9. The smallest absolute Gasteiger partial charge is 0.416 e. The van der Waals surface area contributed by atoms with Gasteiger partial charge >= 0.3 is 17.9 Å². The fourth-order valence-corrected chi connectivity index (χ4v) is 4.01. The Morgan fingerprint density at radius 1 is 0.886 bits per heavy atom. The Morgan fingerprint density at radius 2 is 1.63 bits per heavy atom. The molecule has 0 bridgehead atoms. The van der Waals surface area contributed by atoms with Crippen molar-refractivity contribution in [2.75, 3.05) is 0 Å². The highest BCUT2D eigenvalue weighted by molar-refractivity contribution is 5.83. The summed E-state index contributed by atoms with van der Waals surface area (Å²) in [5.74, 6) is -0.100. The van der Waals surface area contributed by atoms with E-state index in [1.54, 1.807) is 0 Å². The van der Waals surface area contributed by atoms with E-state index in [4.69, 9.17) is 4.74 Å². The number of hydrogen-bond acceptors (Lipinski definition) is 4. The van der Waals surface area contributed by atoms with Gasteiger partial charge in [-0.25, -0.2) is 4.79 Å². The molecule has 2 heterocycles. The first-order chi connectivity index (χ1) is 16.6. The number of ether oxygens (including phenoxy) is 1. The largest absolute Gasteiger partial charge is 0.425 e. The molecule has 0 N–H and O–H groups in total. The van der Waals surface area contributed by atoms with Crippen LogP contribution in [0, 0.1) is 0 Å². The quantitative estimate of drug-likeness (QED) is 0.381. The molecule has 7 nitrogen and oxygen atoms in total. The van der Waals surface area contributed by atoms with Crippen molar-refractivity contribution in [1.82, 2.24) is 18.7 Å². The molecule has 0 aliphatic carbocycles. The van der Waals surface area contributed by atoms with Gasteiger partial charge in [0.25, 0.3) is 5.56 Å². The molecule has 10 heteroatoms. The van der Waals surface area contributed by atoms with E-state index in [0.29, 0.717) is 0 Å². The van der Waals surface area contributed by atoms with Crippen LogP contribution in [0.2, 0.25) is 0 Å². The maximum absolute atomic E-state index is 13.2. The van der Waals surface area contributed by atoms with E-state index in [9.17, 15) is 22.8 Å². The van der Waals surface area contributed by atoms with Crippen molar-refractivity contribution in [2.45, 2.75) is 12.7 Å². The van der Waals surface area contributed by atoms with E-state index >= 15 is 0 Å². The summed E-state index contributed by atoms with van der Waals surface area (Å²) in [5.41, 5.74) is -1.06. The van der Waals surface area contributed by atoms with Gasteiger partial charge in [0, 0.05) is 14.1 Å². The molecule has 0 saturated heterocycles. The van der Waals surface area contributed by atoms with Gasteiger partial charge in [0.2, 0.25) is 0 Å². The van der Waals surface area contributed by atoms with Gasteiger partial charge in [0.15, 0.2) is 11.2 Å². The molecule has 0 aliphatic rings. The van der Waals surface area contributed by atoms with Crippen molar-refractivity contribution in [2.24, 2.45) is 14.1 Å². The molecule has 2 aromatic heterocycles. The van der Waals surface area contributed by atoms with Crippen LogP contribution in [-0.4, -0.2) is 18.7 Å². The van der Waals surface area contributed by atoms with Crippen LogP contribution in [0.1, 0.15) is 11.1 Å². The van der Waals surface area contributed by atoms with Crippen molar-refractivity contribution in [3.63, 3.8) is 0 Å². The first-order valence-corrected chi connectivity index (χ1v) is 10.6. The fourth-order valence-electron chi connectivity index (χ4n) is 4.01. The number of rotatable bonds is 4. The number of benzene rings is 3. The monoisotopic (exact) mass is 480 g/mol. The minimum Gasteiger partial charge on any atom is -0.425 e. The minimum absolute atomic E-state index is 0.0702. The summed E-state index contributed by atoms with van der Waals surface area (Å²) in [6.07, 6.45) is -4.55. The third-order valence-corrected chi connectivity index (χ3v) is 5.84. The second kappa shape index (κ2) is 8.15. The standard InChI is InChI=1S/C25H19F3N4O3/c1-30-21-20(22(33)31(2)24(30)34)32(14-15-10-11-16-6-3-4-7-17(16)12-15)23(29-21)35-19-9-5-8-18(13-19)25(26,27)28/h3-13H,14H2,1-2H3. The summed E-state index contributed by atoms with van der Waals surface area (Å²) in [5, 5.41) is 2.01. The number of alkyl halides is 3. The van der Waals surface area contributed by atoms with Crippen LogP contribution in [0.5, 0.6) is 11.8 Å². The van der Waals surface area contributed by atoms with Gasteiger partial charge in [-0.2, -0.15) is 18.2 Å². The predicted octanol–water partition coefficient (Wildman–Crippen LogP) is 4.45. The van der Waals surface area contributed by atoms with Crippen molar-refractivity contribution in [1.29, 1.82) is 0 Å². The van der Waals surface area contributed by atoms with Crippen molar-refractivity contribution in [3.05, 3.63) is 98.7 Å². The summed E-state index contributed by atoms with van der Waals surface area (Å²) >= 11 is 0. The predicted molar refractivity (Wildman–Crippen MR) is 125 cm³/mol. The molecular weight excluding hydrogens is 461 g/mol. The van der Waals surface area contributed by atoms with Crippen LogP contribution < -0.4 is 16.0 Å². The van der Waals surface area contributed by atoms with Crippen LogP contribution in [0.25, 0.3) is 21.9 Å². The molecule has 5 aromatic rings. The molecule has 0 radical (unpaired) electrons. The van der Waals surface area contributed by atoms with Crippen molar-refractivity contribution >= 4 is 21.9 Å². The first-order valence-electron chi connectivity index (χ1n) is 10.6. The third kappa shape index (κ3) is 3.96. The lowest BCUT2D eigenvalue weighted by Crippen LogP contribution is -2.37. The zero-order valence-corrected chi connectivity index (χ0v) is 18.7. The van der Waals surface area contributed by atoms with Gasteiger partial charge < -0.3 is 4.74 Å². The Morgan fingerprint density at radius 3 is 2.37 bits per heavy atom. The number of nitrogens with zero attached hydrogens (tertiary/aromatic N) is 4. The highest BCUT2D eigenvalue weighted by Gasteiger charge is 2.31. The molecule has 0 saturated carbocycles. The number of hydrogen-bond donors (Lipinski definition) is 0. The Labute approximate surface area is 196 Å². The number of aromatic nitrogens is 4. The Kier molecular flexibility index (Phi) is 5.23. The Hall–Kier alpha value is -4.34. The minimum atomic E-state index is -4.55. The molecule has 5 rings (SSSR count). The SMILES string of the molecule is Cn1c(=O)c2c(nc(Oc3cccc(C(F)(F)F)c3)n2Cc2ccc3ccccc3c2)n(C)c1=O. The van der Waals surface area contributed by atoms with E-state index in [1.165, 1.54) is 35.4 Å². The maximum atomic E-state index is 13.2. The van der Waals surface area contributed by atoms with E-state index in [1.807, 2.05) is 42.5 Å². The normalized spacial score (nSPS) is 11.9. The van der Waals surface area contributed by atoms with Gasteiger partial charge in [-0.3, -0.25) is 18.5 Å². The highest BCUT2D eigenvalue weighted by Crippen LogP contribution is 2.33. The molecule has 0 atom stereocenters. The Balaban J connectivity index is 1.69. The molecule has 0 amide bonds. The fraction of sp³-hybridized carbons (Fsp3) is 0.160. The van der Waals surface area contributed by atoms with Crippen molar-refractivity contribution in [3.8, 4) is 11.8 Å². The van der Waals surface area contributed by atoms with E-state index in [0.717, 1.165) is 33.0 Å². The molecule has 0 fully saturated rings. The van der Waals surface area contributed by atoms with Crippen LogP contribution in [0.15, 0.2) is 76.3 Å². The van der Waals surface area contributed by atoms with Gasteiger partial charge in [-0.15, -0.1) is 0 Å². The van der Waals surface area contributed by atoms with Gasteiger partial charge in [0.1, 0.15) is 5.75 Å². The van der Waals surface area contributed by atoms with Crippen LogP contribution in [0.3, 0.4) is 0 Å². The summed E-state index contributed by atoms with van der Waals surface area (Å²) in [6.45, 7) is 0.142. The van der Waals surface area contributed by atoms with E-state index in [-0.39, 0.29) is 29.5 Å². The average Bonchev–Trinajstić information content (AvgIpc) is 3.18. The van der Waals surface area contributed by atoms with Crippen molar-refractivity contribution < 1.29 is 17.9 Å². The first kappa shape index (κ1) is 22.5. The molecular formula is C25H19F3N4O3. The lowest BCUT2D eigenvalue weighted by Gasteiger charge is -2.12. The summed E-state index contributed by atoms with van der Waals surface area (Å²) in [4.78, 5) is 29.8. The topological polar surface area (TPSA) is 71.1 Å². The number of fused-ring (bicyclic) bond motifs is 2. The molecule has 3 aromatic carbocycles. The summed E-state index contributed by atoms with van der Waals surface area (Å²) in [7, 11) is 2.82. The molecule has 35 heavy (non-hydrogen) atoms. The lowest BCUT2D eigenvalue weighted by molar-refractivity contribution is -0.137. The number of halogens is 3. The van der Waals surface area contributed by atoms with Gasteiger partial charge in [-0.1, -0.05) is 42.5 Å². The van der Waals surface area contributed by atoms with Crippen LogP contribution in [0.4, 0.5) is 13.2 Å². The Bertz CT molecular complexity index is 1710. The molecule has 0 spiro atoms. The third-order valence-electron chi connectivity index (χ3n) is 5.84. The second-order valence-corrected chi connectivity index (χ2v) is 8.17. The maximum Gasteiger partial charge on any atom is 0.416 e. The van der Waals surface area contributed by atoms with E-state index < -0.39 is 23.0 Å². The molecule has 178 valence electrons. The van der Waals surface area contributed by atoms with Gasteiger partial charge in [-0.05, 0) is 40.6 Å². The number of imidazole rings is 1. The van der Waals surface area contributed by atoms with Crippen LogP contribution >= 0.6 is 0 Å².